The number of nitrogens with zero attached hydrogens (tertiary/aromatic N) is 3. The van der Waals surface area contributed by atoms with Gasteiger partial charge in [0, 0.05) is 47.4 Å². The fraction of sp³-hybridized carbons (Fsp3) is 0.933. The van der Waals surface area contributed by atoms with Crippen molar-refractivity contribution in [2.75, 3.05) is 59.7 Å². The van der Waals surface area contributed by atoms with Gasteiger partial charge >= 0.3 is 0 Å². The molecule has 1 saturated carbocycles. The molecule has 0 aromatic carbocycles. The third kappa shape index (κ3) is 7.99. The second kappa shape index (κ2) is 10.1. The number of nitrogens with one attached hydrogen (secondary N) is 1. The molecule has 1 fully saturated rings. The van der Waals surface area contributed by atoms with Crippen molar-refractivity contribution in [3.05, 3.63) is 0 Å². The molecule has 0 heterocycles. The molecule has 0 aromatic rings. The number of hydrogen-bond acceptors (Lipinski definition) is 4. The normalized spacial score (nSPS) is 16.0. The Kier molecular flexibility index (Phi) is 8.86. The van der Waals surface area contributed by atoms with Crippen molar-refractivity contribution in [1.29, 1.82) is 0 Å². The van der Waals surface area contributed by atoms with Gasteiger partial charge in [-0.15, -0.1) is 0 Å². The van der Waals surface area contributed by atoms with E-state index in [1.807, 2.05) is 11.9 Å². The Morgan fingerprint density at radius 3 is 2.57 bits per heavy atom. The van der Waals surface area contributed by atoms with Crippen molar-refractivity contribution in [2.24, 2.45) is 10.9 Å². The third-order valence-electron chi connectivity index (χ3n) is 3.97. The van der Waals surface area contributed by atoms with Crippen LogP contribution in [-0.4, -0.2) is 83.3 Å². The Labute approximate surface area is 141 Å². The Bertz CT molecular complexity index is 463. The maximum atomic E-state index is 11.7. The third-order valence-corrected chi connectivity index (χ3v) is 5.83. The second-order valence-electron chi connectivity index (χ2n) is 5.99. The van der Waals surface area contributed by atoms with Gasteiger partial charge in [-0.2, -0.15) is 0 Å². The summed E-state index contributed by atoms with van der Waals surface area (Å²) in [6.07, 6.45) is 3.35. The standard InChI is InChI=1S/C15H32N4O3S/c1-5-23(20,21)19(4)10-6-9-17-15(16-2)18(3)11-12-22-13-14-7-8-14/h14H,5-13H2,1-4H3,(H,16,17). The van der Waals surface area contributed by atoms with Gasteiger partial charge < -0.3 is 15.0 Å². The van der Waals surface area contributed by atoms with E-state index in [0.717, 1.165) is 31.4 Å². The van der Waals surface area contributed by atoms with Gasteiger partial charge in [-0.25, -0.2) is 12.7 Å². The summed E-state index contributed by atoms with van der Waals surface area (Å²) in [7, 11) is 2.26. The van der Waals surface area contributed by atoms with E-state index in [1.165, 1.54) is 17.1 Å². The highest BCUT2D eigenvalue weighted by Gasteiger charge is 2.21. The van der Waals surface area contributed by atoms with Crippen LogP contribution in [0.5, 0.6) is 0 Å². The maximum Gasteiger partial charge on any atom is 0.213 e. The van der Waals surface area contributed by atoms with Crippen LogP contribution in [0.25, 0.3) is 0 Å². The highest BCUT2D eigenvalue weighted by atomic mass is 32.2. The minimum Gasteiger partial charge on any atom is -0.379 e. The fourth-order valence-corrected chi connectivity index (χ4v) is 2.94. The molecule has 0 saturated heterocycles. The molecule has 0 atom stereocenters. The molecule has 7 nitrogen and oxygen atoms in total. The summed E-state index contributed by atoms with van der Waals surface area (Å²) < 4.78 is 30.3. The van der Waals surface area contributed by atoms with Gasteiger partial charge in [0.25, 0.3) is 0 Å². The maximum absolute atomic E-state index is 11.7. The minimum absolute atomic E-state index is 0.141. The summed E-state index contributed by atoms with van der Waals surface area (Å²) in [5.74, 6) is 1.73. The number of hydrogen-bond donors (Lipinski definition) is 1. The molecule has 136 valence electrons. The summed E-state index contributed by atoms with van der Waals surface area (Å²) >= 11 is 0. The first-order valence-electron chi connectivity index (χ1n) is 8.34. The Hall–Kier alpha value is -0.860. The fourth-order valence-electron chi connectivity index (χ4n) is 2.09. The second-order valence-corrected chi connectivity index (χ2v) is 8.35. The van der Waals surface area contributed by atoms with Crippen molar-refractivity contribution in [1.82, 2.24) is 14.5 Å². The molecular formula is C15H32N4O3S. The van der Waals surface area contributed by atoms with Gasteiger partial charge in [-0.1, -0.05) is 0 Å². The van der Waals surface area contributed by atoms with E-state index in [9.17, 15) is 8.42 Å². The molecule has 1 aliphatic carbocycles. The van der Waals surface area contributed by atoms with Gasteiger partial charge in [-0.05, 0) is 32.1 Å². The van der Waals surface area contributed by atoms with Crippen molar-refractivity contribution < 1.29 is 13.2 Å². The van der Waals surface area contributed by atoms with Gasteiger partial charge in [0.1, 0.15) is 0 Å². The topological polar surface area (TPSA) is 74.2 Å². The largest absolute Gasteiger partial charge is 0.379 e. The molecule has 0 aromatic heterocycles. The predicted octanol–water partition coefficient (Wildman–Crippen LogP) is 0.592. The molecule has 8 heteroatoms. The Morgan fingerprint density at radius 1 is 1.30 bits per heavy atom. The van der Waals surface area contributed by atoms with Crippen LogP contribution in [0.1, 0.15) is 26.2 Å². The lowest BCUT2D eigenvalue weighted by atomic mass is 10.4. The lowest BCUT2D eigenvalue weighted by molar-refractivity contribution is 0.115. The molecule has 0 radical (unpaired) electrons. The van der Waals surface area contributed by atoms with Crippen LogP contribution in [-0.2, 0) is 14.8 Å². The molecule has 1 rings (SSSR count). The number of guanidine groups is 1. The van der Waals surface area contributed by atoms with E-state index < -0.39 is 10.0 Å². The zero-order chi connectivity index (χ0) is 17.3. The Morgan fingerprint density at radius 2 is 2.00 bits per heavy atom. The van der Waals surface area contributed by atoms with Gasteiger partial charge in [0.2, 0.25) is 10.0 Å². The highest BCUT2D eigenvalue weighted by Crippen LogP contribution is 2.28. The number of ether oxygens (including phenoxy) is 1. The molecule has 0 unspecified atom stereocenters. The molecule has 1 aliphatic rings. The van der Waals surface area contributed by atoms with Crippen LogP contribution in [0.3, 0.4) is 0 Å². The molecule has 23 heavy (non-hydrogen) atoms. The van der Waals surface area contributed by atoms with Gasteiger partial charge in [-0.3, -0.25) is 4.99 Å². The lowest BCUT2D eigenvalue weighted by Gasteiger charge is -2.22. The number of likely N-dealkylation sites (N-methyl/N-ethyl adjacent to an activating group) is 1. The van der Waals surface area contributed by atoms with E-state index in [4.69, 9.17) is 4.74 Å². The van der Waals surface area contributed by atoms with Crippen LogP contribution in [0.4, 0.5) is 0 Å². The average molecular weight is 349 g/mol. The summed E-state index contributed by atoms with van der Waals surface area (Å²) in [6, 6.07) is 0. The van der Waals surface area contributed by atoms with E-state index in [0.29, 0.717) is 19.7 Å². The number of aliphatic imine (C=N–C) groups is 1. The van der Waals surface area contributed by atoms with E-state index in [1.54, 1.807) is 21.0 Å². The predicted molar refractivity (Wildman–Crippen MR) is 94.2 cm³/mol. The summed E-state index contributed by atoms with van der Waals surface area (Å²) in [4.78, 5) is 6.27. The van der Waals surface area contributed by atoms with E-state index >= 15 is 0 Å². The molecular weight excluding hydrogens is 316 g/mol. The summed E-state index contributed by atoms with van der Waals surface area (Å²) in [5, 5.41) is 3.25. The quantitative estimate of drug-likeness (QED) is 0.336. The minimum atomic E-state index is -3.09. The van der Waals surface area contributed by atoms with Crippen LogP contribution in [0.15, 0.2) is 4.99 Å². The number of sulfonamides is 1. The zero-order valence-corrected chi connectivity index (χ0v) is 15.7. The molecule has 0 spiro atoms. The average Bonchev–Trinajstić information content (AvgIpc) is 3.35. The summed E-state index contributed by atoms with van der Waals surface area (Å²) in [5.41, 5.74) is 0. The van der Waals surface area contributed by atoms with Crippen molar-refractivity contribution in [3.63, 3.8) is 0 Å². The smallest absolute Gasteiger partial charge is 0.213 e. The lowest BCUT2D eigenvalue weighted by Crippen LogP contribution is -2.41. The summed E-state index contributed by atoms with van der Waals surface area (Å²) in [6.45, 7) is 5.21. The SMILES string of the molecule is CCS(=O)(=O)N(C)CCCNC(=NC)N(C)CCOCC1CC1. The number of rotatable bonds is 11. The van der Waals surface area contributed by atoms with Crippen LogP contribution in [0.2, 0.25) is 0 Å². The van der Waals surface area contributed by atoms with Crippen LogP contribution < -0.4 is 5.32 Å². The first-order chi connectivity index (χ1) is 10.9. The molecule has 0 bridgehead atoms. The zero-order valence-electron chi connectivity index (χ0n) is 14.9. The Balaban J connectivity index is 2.16. The molecule has 0 amide bonds. The van der Waals surface area contributed by atoms with Gasteiger partial charge in [0.15, 0.2) is 5.96 Å². The van der Waals surface area contributed by atoms with Crippen molar-refractivity contribution in [3.8, 4) is 0 Å². The van der Waals surface area contributed by atoms with E-state index in [-0.39, 0.29) is 5.75 Å². The highest BCUT2D eigenvalue weighted by molar-refractivity contribution is 7.89. The first kappa shape index (κ1) is 20.2. The molecule has 1 N–H and O–H groups in total. The van der Waals surface area contributed by atoms with E-state index in [2.05, 4.69) is 10.3 Å². The monoisotopic (exact) mass is 348 g/mol. The molecule has 0 aliphatic heterocycles. The van der Waals surface area contributed by atoms with Crippen molar-refractivity contribution >= 4 is 16.0 Å². The van der Waals surface area contributed by atoms with Crippen LogP contribution >= 0.6 is 0 Å². The van der Waals surface area contributed by atoms with Crippen molar-refractivity contribution in [2.45, 2.75) is 26.2 Å². The van der Waals surface area contributed by atoms with Gasteiger partial charge in [0.05, 0.1) is 12.4 Å². The first-order valence-corrected chi connectivity index (χ1v) is 9.95. The van der Waals surface area contributed by atoms with Crippen LogP contribution in [0, 0.1) is 5.92 Å².